The molecule has 1 aromatic heterocycles. The molecule has 4 heteroatoms. The van der Waals surface area contributed by atoms with Crippen molar-refractivity contribution in [3.05, 3.63) is 48.7 Å². The van der Waals surface area contributed by atoms with Gasteiger partial charge >= 0.3 is 6.09 Å². The predicted molar refractivity (Wildman–Crippen MR) is 70.3 cm³/mol. The summed E-state index contributed by atoms with van der Waals surface area (Å²) in [5.74, 6) is 0. The standard InChI is InChI=1S/C14H14N2O2/c1-2-18-14(17)16-12-8-9-13(15-10-12)11-6-4-3-5-7-11/h3-10H,2H2,1H3,(H,16,17). The van der Waals surface area contributed by atoms with Gasteiger partial charge in [-0.2, -0.15) is 0 Å². The van der Waals surface area contributed by atoms with E-state index in [1.807, 2.05) is 36.4 Å². The van der Waals surface area contributed by atoms with E-state index in [0.717, 1.165) is 11.3 Å². The van der Waals surface area contributed by atoms with Crippen molar-refractivity contribution in [3.8, 4) is 11.3 Å². The number of amides is 1. The highest BCUT2D eigenvalue weighted by Crippen LogP contribution is 2.17. The zero-order valence-electron chi connectivity index (χ0n) is 10.1. The molecule has 92 valence electrons. The molecular formula is C14H14N2O2. The Balaban J connectivity index is 2.09. The number of pyridine rings is 1. The lowest BCUT2D eigenvalue weighted by molar-refractivity contribution is 0.168. The van der Waals surface area contributed by atoms with Crippen molar-refractivity contribution in [1.29, 1.82) is 0 Å². The highest BCUT2D eigenvalue weighted by atomic mass is 16.5. The Bertz CT molecular complexity index is 509. The van der Waals surface area contributed by atoms with Crippen LogP contribution in [0, 0.1) is 0 Å². The number of rotatable bonds is 3. The first-order chi connectivity index (χ1) is 8.79. The van der Waals surface area contributed by atoms with Gasteiger partial charge in [0.1, 0.15) is 0 Å². The fraction of sp³-hybridized carbons (Fsp3) is 0.143. The second-order valence-electron chi connectivity index (χ2n) is 3.64. The highest BCUT2D eigenvalue weighted by molar-refractivity contribution is 5.84. The van der Waals surface area contributed by atoms with Gasteiger partial charge < -0.3 is 4.74 Å². The van der Waals surface area contributed by atoms with Gasteiger partial charge in [-0.05, 0) is 19.1 Å². The van der Waals surface area contributed by atoms with Gasteiger partial charge in [0.15, 0.2) is 0 Å². The number of ether oxygens (including phenoxy) is 1. The summed E-state index contributed by atoms with van der Waals surface area (Å²) in [7, 11) is 0. The maximum atomic E-state index is 11.2. The SMILES string of the molecule is CCOC(=O)Nc1ccc(-c2ccccc2)nc1. The average molecular weight is 242 g/mol. The molecule has 1 amide bonds. The predicted octanol–water partition coefficient (Wildman–Crippen LogP) is 3.32. The summed E-state index contributed by atoms with van der Waals surface area (Å²) in [6.45, 7) is 2.11. The number of nitrogens with one attached hydrogen (secondary N) is 1. The maximum absolute atomic E-state index is 11.2. The lowest BCUT2D eigenvalue weighted by Gasteiger charge is -2.05. The summed E-state index contributed by atoms with van der Waals surface area (Å²) >= 11 is 0. The number of hydrogen-bond acceptors (Lipinski definition) is 3. The normalized spacial score (nSPS) is 9.83. The van der Waals surface area contributed by atoms with Crippen LogP contribution in [-0.4, -0.2) is 17.7 Å². The van der Waals surface area contributed by atoms with Gasteiger partial charge in [-0.25, -0.2) is 4.79 Å². The van der Waals surface area contributed by atoms with E-state index < -0.39 is 6.09 Å². The molecule has 0 spiro atoms. The quantitative estimate of drug-likeness (QED) is 0.898. The van der Waals surface area contributed by atoms with Gasteiger partial charge in [0.25, 0.3) is 0 Å². The summed E-state index contributed by atoms with van der Waals surface area (Å²) in [5, 5.41) is 2.60. The molecule has 0 aliphatic rings. The first-order valence-electron chi connectivity index (χ1n) is 5.75. The third-order valence-electron chi connectivity index (χ3n) is 2.35. The minimum Gasteiger partial charge on any atom is -0.450 e. The second kappa shape index (κ2) is 5.82. The monoisotopic (exact) mass is 242 g/mol. The minimum absolute atomic E-state index is 0.349. The van der Waals surface area contributed by atoms with Gasteiger partial charge in [0, 0.05) is 5.56 Å². The van der Waals surface area contributed by atoms with E-state index in [9.17, 15) is 4.79 Å². The van der Waals surface area contributed by atoms with Crippen LogP contribution in [0.5, 0.6) is 0 Å². The molecule has 2 aromatic rings. The second-order valence-corrected chi connectivity index (χ2v) is 3.64. The Labute approximate surface area is 106 Å². The Kier molecular flexibility index (Phi) is 3.91. The van der Waals surface area contributed by atoms with Crippen LogP contribution in [0.4, 0.5) is 10.5 Å². The molecule has 4 nitrogen and oxygen atoms in total. The number of carbonyl (C=O) groups excluding carboxylic acids is 1. The molecule has 0 bridgehead atoms. The number of hydrogen-bond donors (Lipinski definition) is 1. The van der Waals surface area contributed by atoms with Gasteiger partial charge in [-0.3, -0.25) is 10.3 Å². The van der Waals surface area contributed by atoms with Gasteiger partial charge in [-0.15, -0.1) is 0 Å². The summed E-state index contributed by atoms with van der Waals surface area (Å²) in [6, 6.07) is 13.5. The zero-order valence-corrected chi connectivity index (χ0v) is 10.1. The number of carbonyl (C=O) groups is 1. The van der Waals surface area contributed by atoms with Crippen LogP contribution >= 0.6 is 0 Å². The van der Waals surface area contributed by atoms with Gasteiger partial charge in [0.05, 0.1) is 24.2 Å². The van der Waals surface area contributed by atoms with Crippen molar-refractivity contribution in [1.82, 2.24) is 4.98 Å². The molecule has 0 radical (unpaired) electrons. The Morgan fingerprint density at radius 3 is 2.61 bits per heavy atom. The highest BCUT2D eigenvalue weighted by Gasteiger charge is 2.03. The van der Waals surface area contributed by atoms with Crippen molar-refractivity contribution in [2.45, 2.75) is 6.92 Å². The summed E-state index contributed by atoms with van der Waals surface area (Å²) in [5.41, 5.74) is 2.53. The molecule has 0 fully saturated rings. The first kappa shape index (κ1) is 12.1. The van der Waals surface area contributed by atoms with E-state index in [2.05, 4.69) is 10.3 Å². The van der Waals surface area contributed by atoms with Crippen molar-refractivity contribution < 1.29 is 9.53 Å². The maximum Gasteiger partial charge on any atom is 0.411 e. The Morgan fingerprint density at radius 1 is 1.22 bits per heavy atom. The number of nitrogens with zero attached hydrogens (tertiary/aromatic N) is 1. The van der Waals surface area contributed by atoms with Crippen LogP contribution in [0.1, 0.15) is 6.92 Å². The molecule has 1 heterocycles. The third kappa shape index (κ3) is 3.07. The number of benzene rings is 1. The van der Waals surface area contributed by atoms with Crippen molar-refractivity contribution in [2.24, 2.45) is 0 Å². The summed E-state index contributed by atoms with van der Waals surface area (Å²) in [6.07, 6.45) is 1.14. The number of anilines is 1. The van der Waals surface area contributed by atoms with Crippen LogP contribution in [-0.2, 0) is 4.74 Å². The van der Waals surface area contributed by atoms with Gasteiger partial charge in [-0.1, -0.05) is 30.3 Å². The van der Waals surface area contributed by atoms with Crippen LogP contribution in [0.25, 0.3) is 11.3 Å². The van der Waals surface area contributed by atoms with E-state index in [4.69, 9.17) is 4.74 Å². The molecule has 0 aliphatic heterocycles. The fourth-order valence-electron chi connectivity index (χ4n) is 1.53. The fourth-order valence-corrected chi connectivity index (χ4v) is 1.53. The third-order valence-corrected chi connectivity index (χ3v) is 2.35. The van der Waals surface area contributed by atoms with E-state index in [1.54, 1.807) is 19.2 Å². The Hall–Kier alpha value is -2.36. The van der Waals surface area contributed by atoms with E-state index in [-0.39, 0.29) is 0 Å². The molecular weight excluding hydrogens is 228 g/mol. The lowest BCUT2D eigenvalue weighted by atomic mass is 10.1. The molecule has 0 saturated heterocycles. The van der Waals surface area contributed by atoms with Crippen LogP contribution < -0.4 is 5.32 Å². The first-order valence-corrected chi connectivity index (χ1v) is 5.75. The van der Waals surface area contributed by atoms with E-state index >= 15 is 0 Å². The van der Waals surface area contributed by atoms with Crippen LogP contribution in [0.3, 0.4) is 0 Å². The van der Waals surface area contributed by atoms with E-state index in [1.165, 1.54) is 0 Å². The Morgan fingerprint density at radius 2 is 2.00 bits per heavy atom. The van der Waals surface area contributed by atoms with Crippen LogP contribution in [0.2, 0.25) is 0 Å². The lowest BCUT2D eigenvalue weighted by Crippen LogP contribution is -2.13. The molecule has 1 aromatic carbocycles. The van der Waals surface area contributed by atoms with Crippen LogP contribution in [0.15, 0.2) is 48.7 Å². The summed E-state index contributed by atoms with van der Waals surface area (Å²) < 4.78 is 4.78. The molecule has 2 rings (SSSR count). The zero-order chi connectivity index (χ0) is 12.8. The average Bonchev–Trinajstić information content (AvgIpc) is 2.41. The van der Waals surface area contributed by atoms with Gasteiger partial charge in [0.2, 0.25) is 0 Å². The molecule has 0 saturated carbocycles. The molecule has 0 aliphatic carbocycles. The molecule has 0 atom stereocenters. The number of aromatic nitrogens is 1. The molecule has 1 N–H and O–H groups in total. The largest absolute Gasteiger partial charge is 0.450 e. The van der Waals surface area contributed by atoms with Crippen molar-refractivity contribution >= 4 is 11.8 Å². The van der Waals surface area contributed by atoms with E-state index in [0.29, 0.717) is 12.3 Å². The van der Waals surface area contributed by atoms with Crippen molar-refractivity contribution in [3.63, 3.8) is 0 Å². The smallest absolute Gasteiger partial charge is 0.411 e. The summed E-state index contributed by atoms with van der Waals surface area (Å²) in [4.78, 5) is 15.5. The molecule has 18 heavy (non-hydrogen) atoms. The minimum atomic E-state index is -0.466. The molecule has 0 unspecified atom stereocenters. The van der Waals surface area contributed by atoms with Crippen molar-refractivity contribution in [2.75, 3.05) is 11.9 Å². The topological polar surface area (TPSA) is 51.2 Å².